The fourth-order valence-electron chi connectivity index (χ4n) is 3.48. The van der Waals surface area contributed by atoms with Crippen LogP contribution in [0.3, 0.4) is 0 Å². The van der Waals surface area contributed by atoms with Crippen molar-refractivity contribution in [2.24, 2.45) is 0 Å². The average Bonchev–Trinajstić information content (AvgIpc) is 2.74. The van der Waals surface area contributed by atoms with Gasteiger partial charge in [0.05, 0.1) is 16.6 Å². The van der Waals surface area contributed by atoms with Gasteiger partial charge in [0, 0.05) is 12.6 Å². The lowest BCUT2D eigenvalue weighted by Gasteiger charge is -2.15. The molecule has 0 amide bonds. The number of fused-ring (bicyclic) bond motifs is 1. The minimum absolute atomic E-state index is 0.128. The van der Waals surface area contributed by atoms with E-state index in [1.165, 1.54) is 36.5 Å². The largest absolute Gasteiger partial charge is 0.506 e. The van der Waals surface area contributed by atoms with Crippen molar-refractivity contribution in [2.75, 3.05) is 0 Å². The molecule has 1 N–H and O–H groups in total. The Morgan fingerprint density at radius 2 is 1.65 bits per heavy atom. The number of halogens is 3. The highest BCUT2D eigenvalue weighted by atomic mass is 19.4. The molecule has 5 nitrogen and oxygen atoms in total. The zero-order valence-electron chi connectivity index (χ0n) is 15.9. The van der Waals surface area contributed by atoms with E-state index in [0.29, 0.717) is 5.69 Å². The molecule has 0 bridgehead atoms. The van der Waals surface area contributed by atoms with Gasteiger partial charge in [-0.15, -0.1) is 0 Å². The number of carbonyl (C=O) groups excluding carboxylic acids is 1. The van der Waals surface area contributed by atoms with Gasteiger partial charge in [0.15, 0.2) is 11.4 Å². The van der Waals surface area contributed by atoms with Gasteiger partial charge in [-0.1, -0.05) is 36.4 Å². The number of alkyl halides is 3. The van der Waals surface area contributed by atoms with Crippen LogP contribution in [0.5, 0.6) is 5.75 Å². The smallest absolute Gasteiger partial charge is 0.416 e. The molecule has 2 heterocycles. The lowest BCUT2D eigenvalue weighted by atomic mass is 9.98. The highest BCUT2D eigenvalue weighted by Crippen LogP contribution is 2.33. The molecule has 0 aliphatic carbocycles. The molecule has 0 spiro atoms. The molecule has 0 saturated heterocycles. The van der Waals surface area contributed by atoms with Crippen LogP contribution in [0.25, 0.3) is 16.7 Å². The number of para-hydroxylation sites is 1. The second-order valence-corrected chi connectivity index (χ2v) is 6.83. The van der Waals surface area contributed by atoms with Gasteiger partial charge < -0.3 is 5.11 Å². The van der Waals surface area contributed by atoms with Crippen LogP contribution >= 0.6 is 0 Å². The first kappa shape index (κ1) is 20.3. The van der Waals surface area contributed by atoms with Gasteiger partial charge in [-0.3, -0.25) is 14.2 Å². The second-order valence-electron chi connectivity index (χ2n) is 6.83. The Morgan fingerprint density at radius 1 is 0.968 bits per heavy atom. The van der Waals surface area contributed by atoms with Crippen LogP contribution < -0.4 is 5.56 Å². The molecule has 0 aliphatic rings. The summed E-state index contributed by atoms with van der Waals surface area (Å²) < 4.78 is 41.1. The van der Waals surface area contributed by atoms with E-state index in [-0.39, 0.29) is 16.6 Å². The van der Waals surface area contributed by atoms with Gasteiger partial charge in [-0.05, 0) is 35.9 Å². The van der Waals surface area contributed by atoms with E-state index in [1.807, 2.05) is 0 Å². The van der Waals surface area contributed by atoms with E-state index >= 15 is 0 Å². The fourth-order valence-corrected chi connectivity index (χ4v) is 3.48. The third-order valence-corrected chi connectivity index (χ3v) is 4.87. The maximum atomic E-state index is 13.3. The number of hydrogen-bond acceptors (Lipinski definition) is 4. The molecule has 2 aromatic carbocycles. The molecule has 0 saturated carbocycles. The van der Waals surface area contributed by atoms with Crippen molar-refractivity contribution in [3.05, 3.63) is 100.0 Å². The summed E-state index contributed by atoms with van der Waals surface area (Å²) in [5.74, 6) is -1.52. The van der Waals surface area contributed by atoms with Crippen LogP contribution in [-0.4, -0.2) is 20.4 Å². The fraction of sp³-hybridized carbons (Fsp3) is 0.0870. The van der Waals surface area contributed by atoms with Crippen LogP contribution in [-0.2, 0) is 12.6 Å². The maximum Gasteiger partial charge on any atom is 0.416 e. The van der Waals surface area contributed by atoms with Gasteiger partial charge in [0.1, 0.15) is 11.3 Å². The van der Waals surface area contributed by atoms with Crippen LogP contribution in [0.4, 0.5) is 13.2 Å². The summed E-state index contributed by atoms with van der Waals surface area (Å²) in [4.78, 5) is 30.4. The molecule has 31 heavy (non-hydrogen) atoms. The first-order chi connectivity index (χ1) is 14.8. The molecule has 0 aliphatic heterocycles. The summed E-state index contributed by atoms with van der Waals surface area (Å²) in [6, 6.07) is 16.0. The van der Waals surface area contributed by atoms with E-state index in [0.717, 1.165) is 10.6 Å². The standard InChI is InChI=1S/C23H15F3N2O3/c24-23(25,26)17-11-5-4-7-14(17)13-18(29)19-20(30)16-10-6-12-27-21(16)28(22(19)31)15-8-2-1-3-9-15/h1-12,30H,13H2. The summed E-state index contributed by atoms with van der Waals surface area (Å²) in [6.07, 6.45) is -3.92. The SMILES string of the molecule is O=C(Cc1ccccc1C(F)(F)F)c1c(O)c2cccnc2n(-c2ccccc2)c1=O. The molecule has 0 radical (unpaired) electrons. The molecule has 2 aromatic heterocycles. The lowest BCUT2D eigenvalue weighted by molar-refractivity contribution is -0.138. The number of ketones is 1. The number of benzene rings is 2. The van der Waals surface area contributed by atoms with Crippen molar-refractivity contribution >= 4 is 16.8 Å². The van der Waals surface area contributed by atoms with Crippen molar-refractivity contribution in [2.45, 2.75) is 12.6 Å². The second kappa shape index (κ2) is 7.71. The topological polar surface area (TPSA) is 72.2 Å². The van der Waals surface area contributed by atoms with Crippen LogP contribution in [0, 0.1) is 0 Å². The quantitative estimate of drug-likeness (QED) is 0.489. The van der Waals surface area contributed by atoms with E-state index in [2.05, 4.69) is 4.98 Å². The molecule has 156 valence electrons. The molecule has 0 fully saturated rings. The van der Waals surface area contributed by atoms with Gasteiger partial charge in [0.2, 0.25) is 0 Å². The first-order valence-electron chi connectivity index (χ1n) is 9.25. The molecule has 8 heteroatoms. The Labute approximate surface area is 174 Å². The van der Waals surface area contributed by atoms with Crippen molar-refractivity contribution in [1.82, 2.24) is 9.55 Å². The molecule has 4 aromatic rings. The van der Waals surface area contributed by atoms with E-state index < -0.39 is 40.8 Å². The minimum Gasteiger partial charge on any atom is -0.506 e. The van der Waals surface area contributed by atoms with Crippen molar-refractivity contribution in [1.29, 1.82) is 0 Å². The summed E-state index contributed by atoms with van der Waals surface area (Å²) in [5.41, 5.74) is -2.15. The van der Waals surface area contributed by atoms with E-state index in [9.17, 15) is 27.9 Å². The predicted molar refractivity (Wildman–Crippen MR) is 108 cm³/mol. The Balaban J connectivity index is 1.92. The van der Waals surface area contributed by atoms with Gasteiger partial charge in [0.25, 0.3) is 5.56 Å². The zero-order valence-corrected chi connectivity index (χ0v) is 15.9. The summed E-state index contributed by atoms with van der Waals surface area (Å²) in [5, 5.41) is 10.8. The van der Waals surface area contributed by atoms with E-state index in [1.54, 1.807) is 30.3 Å². The van der Waals surface area contributed by atoms with Crippen molar-refractivity contribution in [3.8, 4) is 11.4 Å². The molecule has 4 rings (SSSR count). The van der Waals surface area contributed by atoms with Crippen LogP contribution in [0.15, 0.2) is 77.7 Å². The van der Waals surface area contributed by atoms with Gasteiger partial charge >= 0.3 is 6.18 Å². The average molecular weight is 424 g/mol. The first-order valence-corrected chi connectivity index (χ1v) is 9.25. The Morgan fingerprint density at radius 3 is 2.35 bits per heavy atom. The molecular formula is C23H15F3N2O3. The number of nitrogens with zero attached hydrogens (tertiary/aromatic N) is 2. The lowest BCUT2D eigenvalue weighted by Crippen LogP contribution is -2.27. The van der Waals surface area contributed by atoms with Crippen LogP contribution in [0.1, 0.15) is 21.5 Å². The number of rotatable bonds is 4. The van der Waals surface area contributed by atoms with Gasteiger partial charge in [-0.2, -0.15) is 13.2 Å². The molecular weight excluding hydrogens is 409 g/mol. The predicted octanol–water partition coefficient (Wildman–Crippen LogP) is 4.54. The number of Topliss-reactive ketones (excluding diaryl/α,β-unsaturated/α-hetero) is 1. The maximum absolute atomic E-state index is 13.3. The highest BCUT2D eigenvalue weighted by Gasteiger charge is 2.34. The number of carbonyl (C=O) groups is 1. The number of aromatic hydroxyl groups is 1. The number of pyridine rings is 2. The molecule has 0 atom stereocenters. The third kappa shape index (κ3) is 3.68. The number of aromatic nitrogens is 2. The van der Waals surface area contributed by atoms with Gasteiger partial charge in [-0.25, -0.2) is 4.98 Å². The Kier molecular flexibility index (Phi) is 5.06. The third-order valence-electron chi connectivity index (χ3n) is 4.87. The summed E-state index contributed by atoms with van der Waals surface area (Å²) >= 11 is 0. The van der Waals surface area contributed by atoms with E-state index in [4.69, 9.17) is 0 Å². The summed E-state index contributed by atoms with van der Waals surface area (Å²) in [6.45, 7) is 0. The Bertz CT molecular complexity index is 1350. The minimum atomic E-state index is -4.66. The van der Waals surface area contributed by atoms with Crippen molar-refractivity contribution < 1.29 is 23.1 Å². The van der Waals surface area contributed by atoms with Crippen molar-refractivity contribution in [3.63, 3.8) is 0 Å². The summed E-state index contributed by atoms with van der Waals surface area (Å²) in [7, 11) is 0. The van der Waals surface area contributed by atoms with Crippen LogP contribution in [0.2, 0.25) is 0 Å². The normalized spacial score (nSPS) is 11.6. The monoisotopic (exact) mass is 424 g/mol. The molecule has 0 unspecified atom stereocenters. The Hall–Kier alpha value is -3.94. The highest BCUT2D eigenvalue weighted by molar-refractivity contribution is 6.04. The number of hydrogen-bond donors (Lipinski definition) is 1. The zero-order chi connectivity index (χ0) is 22.2.